The van der Waals surface area contributed by atoms with E-state index in [1.165, 1.54) is 18.1 Å². The highest BCUT2D eigenvalue weighted by atomic mass is 32.2. The van der Waals surface area contributed by atoms with Gasteiger partial charge in [-0.2, -0.15) is 0 Å². The number of nitrogens with zero attached hydrogens (tertiary/aromatic N) is 4. The number of anilines is 1. The van der Waals surface area contributed by atoms with Crippen LogP contribution >= 0.6 is 19.3 Å². The van der Waals surface area contributed by atoms with Gasteiger partial charge in [-0.1, -0.05) is 43.8 Å². The molecular weight excluding hydrogens is 451 g/mol. The number of hydrogen-bond donors (Lipinski definition) is 2. The van der Waals surface area contributed by atoms with Crippen LogP contribution in [-0.4, -0.2) is 48.9 Å². The van der Waals surface area contributed by atoms with Crippen LogP contribution in [0.5, 0.6) is 5.75 Å². The van der Waals surface area contributed by atoms with Crippen molar-refractivity contribution < 1.29 is 18.6 Å². The standard InChI is InChI=1S/C20H27N6O4PS/c1-14(2)32-20(27)15(3)25-31(28,30-16-7-5-4-6-8-16)13-29-10-9-26-12-24-17-18(21)22-11-23-19(17)26/h4-8,11-12,14-15H,9-10,13H2,1-3H3,(H,25,28)(H2,21,22,23)/t15-,31?/m0/s1. The number of nitrogens with one attached hydrogen (secondary N) is 1. The zero-order chi connectivity index (χ0) is 23.1. The largest absolute Gasteiger partial charge is 0.431 e. The number of nitrogen functional groups attached to an aromatic ring is 1. The number of para-hydroxylation sites is 1. The maximum Gasteiger partial charge on any atom is 0.342 e. The van der Waals surface area contributed by atoms with Gasteiger partial charge in [-0.25, -0.2) is 20.0 Å². The fraction of sp³-hybridized carbons (Fsp3) is 0.400. The minimum absolute atomic E-state index is 0.112. The highest BCUT2D eigenvalue weighted by Crippen LogP contribution is 2.44. The Morgan fingerprint density at radius 1 is 1.22 bits per heavy atom. The zero-order valence-electron chi connectivity index (χ0n) is 18.2. The quantitative estimate of drug-likeness (QED) is 0.312. The van der Waals surface area contributed by atoms with Crippen molar-refractivity contribution in [2.45, 2.75) is 38.6 Å². The molecule has 10 nitrogen and oxygen atoms in total. The molecule has 2 aromatic heterocycles. The Morgan fingerprint density at radius 3 is 2.69 bits per heavy atom. The van der Waals surface area contributed by atoms with E-state index in [1.807, 2.05) is 19.9 Å². The molecule has 0 spiro atoms. The SMILES string of the molecule is CC(C)SC(=O)[C@H](C)NP(=O)(COCCn1cnc2c(N)ncnc21)Oc1ccccc1. The third-order valence-corrected chi connectivity index (χ3v) is 7.13. The summed E-state index contributed by atoms with van der Waals surface area (Å²) in [5.41, 5.74) is 6.91. The van der Waals surface area contributed by atoms with Crippen LogP contribution in [-0.2, 0) is 20.6 Å². The second-order valence-electron chi connectivity index (χ2n) is 7.32. The van der Waals surface area contributed by atoms with Gasteiger partial charge in [0.05, 0.1) is 19.0 Å². The number of ether oxygens (including phenoxy) is 1. The second kappa shape index (κ2) is 10.9. The van der Waals surface area contributed by atoms with E-state index in [4.69, 9.17) is 15.0 Å². The van der Waals surface area contributed by atoms with E-state index in [9.17, 15) is 9.36 Å². The molecule has 0 aliphatic rings. The first-order valence-electron chi connectivity index (χ1n) is 10.1. The first-order valence-corrected chi connectivity index (χ1v) is 12.8. The van der Waals surface area contributed by atoms with Gasteiger partial charge < -0.3 is 19.6 Å². The van der Waals surface area contributed by atoms with Gasteiger partial charge >= 0.3 is 7.52 Å². The second-order valence-corrected chi connectivity index (χ2v) is 10.9. The Morgan fingerprint density at radius 2 is 1.97 bits per heavy atom. The number of nitrogens with two attached hydrogens (primary N) is 1. The summed E-state index contributed by atoms with van der Waals surface area (Å²) < 4.78 is 26.7. The van der Waals surface area contributed by atoms with Gasteiger partial charge in [0.2, 0.25) is 5.12 Å². The van der Waals surface area contributed by atoms with Gasteiger partial charge in [0.1, 0.15) is 23.9 Å². The van der Waals surface area contributed by atoms with Crippen LogP contribution in [0.25, 0.3) is 11.2 Å². The highest BCUT2D eigenvalue weighted by molar-refractivity contribution is 8.14. The lowest BCUT2D eigenvalue weighted by Gasteiger charge is -2.24. The Balaban J connectivity index is 1.64. The molecule has 3 rings (SSSR count). The molecular formula is C20H27N6O4PS. The van der Waals surface area contributed by atoms with E-state index in [2.05, 4.69) is 20.0 Å². The van der Waals surface area contributed by atoms with Gasteiger partial charge in [-0.05, 0) is 19.1 Å². The lowest BCUT2D eigenvalue weighted by atomic mass is 10.3. The van der Waals surface area contributed by atoms with Crippen LogP contribution in [0.15, 0.2) is 43.0 Å². The maximum absolute atomic E-state index is 13.5. The van der Waals surface area contributed by atoms with Crippen molar-refractivity contribution in [3.05, 3.63) is 43.0 Å². The van der Waals surface area contributed by atoms with Gasteiger partial charge in [0, 0.05) is 11.8 Å². The van der Waals surface area contributed by atoms with Crippen molar-refractivity contribution in [2.75, 3.05) is 18.7 Å². The van der Waals surface area contributed by atoms with Crippen molar-refractivity contribution >= 4 is 41.4 Å². The third kappa shape index (κ3) is 6.52. The molecule has 3 aromatic rings. The van der Waals surface area contributed by atoms with Gasteiger partial charge in [0.25, 0.3) is 0 Å². The number of thioether (sulfide) groups is 1. The summed E-state index contributed by atoms with van der Waals surface area (Å²) in [6.45, 7) is 6.16. The molecule has 12 heteroatoms. The molecule has 172 valence electrons. The summed E-state index contributed by atoms with van der Waals surface area (Å²) in [7, 11) is -3.53. The molecule has 3 N–H and O–H groups in total. The monoisotopic (exact) mass is 478 g/mol. The van der Waals surface area contributed by atoms with Gasteiger partial charge in [-0.15, -0.1) is 0 Å². The van der Waals surface area contributed by atoms with Crippen LogP contribution in [0.3, 0.4) is 0 Å². The lowest BCUT2D eigenvalue weighted by Crippen LogP contribution is -2.33. The Kier molecular flexibility index (Phi) is 8.25. The van der Waals surface area contributed by atoms with Crippen LogP contribution in [0.4, 0.5) is 5.82 Å². The molecule has 1 aromatic carbocycles. The van der Waals surface area contributed by atoms with E-state index < -0.39 is 13.6 Å². The molecule has 0 amide bonds. The minimum atomic E-state index is -3.53. The Hall–Kier alpha value is -2.46. The van der Waals surface area contributed by atoms with Crippen LogP contribution in [0, 0.1) is 0 Å². The molecule has 0 fully saturated rings. The number of carbonyl (C=O) groups is 1. The molecule has 2 atom stereocenters. The molecule has 32 heavy (non-hydrogen) atoms. The molecule has 0 saturated carbocycles. The van der Waals surface area contributed by atoms with E-state index in [0.717, 1.165) is 0 Å². The summed E-state index contributed by atoms with van der Waals surface area (Å²) in [5.74, 6) is 0.730. The van der Waals surface area contributed by atoms with E-state index in [-0.39, 0.29) is 23.3 Å². The Labute approximate surface area is 190 Å². The van der Waals surface area contributed by atoms with Crippen molar-refractivity contribution in [3.63, 3.8) is 0 Å². The fourth-order valence-corrected chi connectivity index (χ4v) is 5.37. The highest BCUT2D eigenvalue weighted by Gasteiger charge is 2.30. The molecule has 0 radical (unpaired) electrons. The van der Waals surface area contributed by atoms with E-state index >= 15 is 0 Å². The van der Waals surface area contributed by atoms with Crippen molar-refractivity contribution in [1.29, 1.82) is 0 Å². The van der Waals surface area contributed by atoms with Crippen LogP contribution in [0.1, 0.15) is 20.8 Å². The predicted octanol–water partition coefficient (Wildman–Crippen LogP) is 3.30. The number of imidazole rings is 1. The first kappa shape index (κ1) is 24.2. The smallest absolute Gasteiger partial charge is 0.342 e. The average Bonchev–Trinajstić information content (AvgIpc) is 3.16. The number of carbonyl (C=O) groups excluding carboxylic acids is 1. The summed E-state index contributed by atoms with van der Waals surface area (Å²) in [4.78, 5) is 24.7. The number of hydrogen-bond acceptors (Lipinski definition) is 9. The Bertz CT molecular complexity index is 1090. The first-order chi connectivity index (χ1) is 15.3. The predicted molar refractivity (Wildman–Crippen MR) is 126 cm³/mol. The average molecular weight is 479 g/mol. The molecule has 0 saturated heterocycles. The molecule has 1 unspecified atom stereocenters. The number of rotatable bonds is 11. The van der Waals surface area contributed by atoms with Crippen molar-refractivity contribution in [1.82, 2.24) is 24.6 Å². The number of aromatic nitrogens is 4. The summed E-state index contributed by atoms with van der Waals surface area (Å²) >= 11 is 1.19. The molecule has 0 bridgehead atoms. The summed E-state index contributed by atoms with van der Waals surface area (Å²) in [6, 6.07) is 8.12. The van der Waals surface area contributed by atoms with Crippen molar-refractivity contribution in [3.8, 4) is 5.75 Å². The molecule has 0 aliphatic heterocycles. The third-order valence-electron chi connectivity index (χ3n) is 4.26. The zero-order valence-corrected chi connectivity index (χ0v) is 19.9. The molecule has 2 heterocycles. The normalized spacial score (nSPS) is 14.4. The van der Waals surface area contributed by atoms with E-state index in [1.54, 1.807) is 42.1 Å². The van der Waals surface area contributed by atoms with Crippen LogP contribution < -0.4 is 15.3 Å². The lowest BCUT2D eigenvalue weighted by molar-refractivity contribution is -0.112. The van der Waals surface area contributed by atoms with Crippen LogP contribution in [0.2, 0.25) is 0 Å². The van der Waals surface area contributed by atoms with Gasteiger partial charge in [0.15, 0.2) is 11.5 Å². The minimum Gasteiger partial charge on any atom is -0.431 e. The number of benzene rings is 1. The maximum atomic E-state index is 13.5. The number of fused-ring (bicyclic) bond motifs is 1. The summed E-state index contributed by atoms with van der Waals surface area (Å²) in [5, 5.41) is 2.87. The molecule has 0 aliphatic carbocycles. The fourth-order valence-electron chi connectivity index (χ4n) is 2.83. The summed E-state index contributed by atoms with van der Waals surface area (Å²) in [6.07, 6.45) is 2.76. The van der Waals surface area contributed by atoms with E-state index in [0.29, 0.717) is 29.3 Å². The topological polar surface area (TPSA) is 134 Å². The van der Waals surface area contributed by atoms with Crippen molar-refractivity contribution in [2.24, 2.45) is 0 Å². The van der Waals surface area contributed by atoms with Gasteiger partial charge in [-0.3, -0.25) is 9.36 Å².